The summed E-state index contributed by atoms with van der Waals surface area (Å²) in [6.07, 6.45) is 6.42. The summed E-state index contributed by atoms with van der Waals surface area (Å²) in [5, 5.41) is 5.98. The van der Waals surface area contributed by atoms with Crippen LogP contribution in [0.5, 0.6) is 0 Å². The molecule has 0 aliphatic carbocycles. The quantitative estimate of drug-likeness (QED) is 0.550. The van der Waals surface area contributed by atoms with Gasteiger partial charge in [0.15, 0.2) is 10.2 Å². The van der Waals surface area contributed by atoms with E-state index in [1.165, 1.54) is 24.9 Å². The first-order valence-corrected chi connectivity index (χ1v) is 12.9. The lowest BCUT2D eigenvalue weighted by Crippen LogP contribution is -2.31. The van der Waals surface area contributed by atoms with Crippen LogP contribution in [0, 0.1) is 6.92 Å². The van der Waals surface area contributed by atoms with Gasteiger partial charge >= 0.3 is 6.03 Å². The molecule has 0 unspecified atom stereocenters. The van der Waals surface area contributed by atoms with Crippen molar-refractivity contribution in [1.29, 1.82) is 0 Å². The molecular formula is C22H25N5O3S2. The number of urea groups is 1. The summed E-state index contributed by atoms with van der Waals surface area (Å²) in [6, 6.07) is 10.3. The molecule has 4 rings (SSSR count). The fourth-order valence-electron chi connectivity index (χ4n) is 3.62. The Kier molecular flexibility index (Phi) is 6.71. The number of hydrogen-bond acceptors (Lipinski definition) is 7. The van der Waals surface area contributed by atoms with Crippen molar-refractivity contribution in [2.75, 3.05) is 28.6 Å². The Balaban J connectivity index is 1.42. The van der Waals surface area contributed by atoms with Gasteiger partial charge in [-0.25, -0.2) is 23.2 Å². The van der Waals surface area contributed by atoms with E-state index >= 15 is 0 Å². The standard InChI is InChI=1S/C22H25N5O3S2/c1-16-8-9-18(19(13-16)27-11-5-2-6-12-27)25-21(28)26-22-24-14-17(31-22)15-32(29,30)20-7-3-4-10-23-20/h3-4,7-10,13-14H,2,5-6,11-12,15H2,1H3,(H2,24,25,26,28). The number of carbonyl (C=O) groups excluding carboxylic acids is 1. The highest BCUT2D eigenvalue weighted by atomic mass is 32.2. The molecule has 168 valence electrons. The Hall–Kier alpha value is -2.98. The van der Waals surface area contributed by atoms with E-state index in [-0.39, 0.29) is 10.8 Å². The molecule has 1 saturated heterocycles. The molecule has 3 aromatic rings. The Morgan fingerprint density at radius 2 is 1.91 bits per heavy atom. The first-order chi connectivity index (χ1) is 15.4. The van der Waals surface area contributed by atoms with Gasteiger partial charge in [-0.3, -0.25) is 5.32 Å². The molecule has 32 heavy (non-hydrogen) atoms. The van der Waals surface area contributed by atoms with E-state index in [2.05, 4.69) is 31.6 Å². The highest BCUT2D eigenvalue weighted by Crippen LogP contribution is 2.30. The van der Waals surface area contributed by atoms with Crippen LogP contribution in [0.1, 0.15) is 29.7 Å². The van der Waals surface area contributed by atoms with Gasteiger partial charge in [0.1, 0.15) is 0 Å². The molecule has 1 aliphatic rings. The predicted molar refractivity (Wildman–Crippen MR) is 127 cm³/mol. The van der Waals surface area contributed by atoms with E-state index in [4.69, 9.17) is 0 Å². The number of pyridine rings is 1. The van der Waals surface area contributed by atoms with Crippen LogP contribution in [0.3, 0.4) is 0 Å². The molecule has 0 spiro atoms. The summed E-state index contributed by atoms with van der Waals surface area (Å²) in [7, 11) is -3.57. The number of piperidine rings is 1. The lowest BCUT2D eigenvalue weighted by Gasteiger charge is -2.30. The summed E-state index contributed by atoms with van der Waals surface area (Å²) in [6.45, 7) is 3.98. The van der Waals surface area contributed by atoms with Gasteiger partial charge in [0, 0.05) is 30.4 Å². The smallest absolute Gasteiger partial charge is 0.325 e. The molecule has 0 bridgehead atoms. The summed E-state index contributed by atoms with van der Waals surface area (Å²) in [5.74, 6) is -0.220. The number of nitrogens with zero attached hydrogens (tertiary/aromatic N) is 3. The molecule has 3 heterocycles. The number of amides is 2. The molecule has 8 nitrogen and oxygen atoms in total. The summed E-state index contributed by atoms with van der Waals surface area (Å²) in [5.41, 5.74) is 2.89. The summed E-state index contributed by atoms with van der Waals surface area (Å²) in [4.78, 5) is 23.5. The number of anilines is 3. The van der Waals surface area contributed by atoms with Crippen molar-refractivity contribution in [3.8, 4) is 0 Å². The number of carbonyl (C=O) groups is 1. The molecule has 1 aliphatic heterocycles. The highest BCUT2D eigenvalue weighted by molar-refractivity contribution is 7.90. The number of hydrogen-bond donors (Lipinski definition) is 2. The second-order valence-electron chi connectivity index (χ2n) is 7.71. The molecule has 2 amide bonds. The second-order valence-corrected chi connectivity index (χ2v) is 10.8. The van der Waals surface area contributed by atoms with Gasteiger partial charge in [-0.1, -0.05) is 12.1 Å². The lowest BCUT2D eigenvalue weighted by molar-refractivity contribution is 0.262. The number of nitrogens with one attached hydrogen (secondary N) is 2. The van der Waals surface area contributed by atoms with Crippen LogP contribution in [0.25, 0.3) is 0 Å². The zero-order valence-electron chi connectivity index (χ0n) is 17.7. The maximum absolute atomic E-state index is 12.6. The summed E-state index contributed by atoms with van der Waals surface area (Å²) >= 11 is 1.13. The minimum Gasteiger partial charge on any atom is -0.370 e. The molecule has 0 saturated carbocycles. The molecule has 2 N–H and O–H groups in total. The van der Waals surface area contributed by atoms with Gasteiger partial charge in [-0.05, 0) is 56.0 Å². The fourth-order valence-corrected chi connectivity index (χ4v) is 6.03. The molecular weight excluding hydrogens is 446 g/mol. The van der Waals surface area contributed by atoms with Crippen molar-refractivity contribution >= 4 is 43.7 Å². The molecule has 0 atom stereocenters. The van der Waals surface area contributed by atoms with Gasteiger partial charge in [0.2, 0.25) is 9.84 Å². The average Bonchev–Trinajstić information content (AvgIpc) is 3.22. The normalized spacial score (nSPS) is 14.2. The monoisotopic (exact) mass is 471 g/mol. The fraction of sp³-hybridized carbons (Fsp3) is 0.318. The molecule has 0 radical (unpaired) electrons. The van der Waals surface area contributed by atoms with E-state index in [1.807, 2.05) is 19.1 Å². The first kappa shape index (κ1) is 22.2. The zero-order chi connectivity index (χ0) is 22.6. The number of aryl methyl sites for hydroxylation is 1. The van der Waals surface area contributed by atoms with E-state index in [0.29, 0.717) is 10.0 Å². The van der Waals surface area contributed by atoms with Crippen LogP contribution in [0.2, 0.25) is 0 Å². The summed E-state index contributed by atoms with van der Waals surface area (Å²) < 4.78 is 25.0. The number of sulfone groups is 1. The van der Waals surface area contributed by atoms with Crippen molar-refractivity contribution in [1.82, 2.24) is 9.97 Å². The van der Waals surface area contributed by atoms with Crippen molar-refractivity contribution in [3.05, 3.63) is 59.2 Å². The maximum atomic E-state index is 12.6. The Morgan fingerprint density at radius 1 is 1.09 bits per heavy atom. The number of benzene rings is 1. The van der Waals surface area contributed by atoms with Crippen molar-refractivity contribution in [2.24, 2.45) is 0 Å². The van der Waals surface area contributed by atoms with Crippen LogP contribution in [-0.4, -0.2) is 37.5 Å². The van der Waals surface area contributed by atoms with E-state index < -0.39 is 15.9 Å². The van der Waals surface area contributed by atoms with Gasteiger partial charge in [-0.2, -0.15) is 0 Å². The maximum Gasteiger partial charge on any atom is 0.325 e. The van der Waals surface area contributed by atoms with Crippen LogP contribution >= 0.6 is 11.3 Å². The third-order valence-corrected chi connectivity index (χ3v) is 7.83. The van der Waals surface area contributed by atoms with Crippen molar-refractivity contribution in [2.45, 2.75) is 37.0 Å². The lowest BCUT2D eigenvalue weighted by atomic mass is 10.1. The molecule has 10 heteroatoms. The van der Waals surface area contributed by atoms with Crippen molar-refractivity contribution in [3.63, 3.8) is 0 Å². The third-order valence-electron chi connectivity index (χ3n) is 5.16. The second kappa shape index (κ2) is 9.66. The van der Waals surface area contributed by atoms with Crippen LogP contribution in [0.15, 0.2) is 53.8 Å². The topological polar surface area (TPSA) is 104 Å². The third kappa shape index (κ3) is 5.43. The number of aromatic nitrogens is 2. The Labute approximate surface area is 191 Å². The van der Waals surface area contributed by atoms with Crippen LogP contribution in [0.4, 0.5) is 21.3 Å². The molecule has 1 aromatic carbocycles. The highest BCUT2D eigenvalue weighted by Gasteiger charge is 2.20. The Bertz CT molecular complexity index is 1190. The van der Waals surface area contributed by atoms with E-state index in [1.54, 1.807) is 12.1 Å². The average molecular weight is 472 g/mol. The first-order valence-electron chi connectivity index (χ1n) is 10.4. The van der Waals surface area contributed by atoms with Crippen molar-refractivity contribution < 1.29 is 13.2 Å². The van der Waals surface area contributed by atoms with E-state index in [0.717, 1.165) is 54.2 Å². The molecule has 1 fully saturated rings. The number of rotatable bonds is 6. The van der Waals surface area contributed by atoms with Gasteiger partial charge in [0.05, 0.1) is 17.1 Å². The van der Waals surface area contributed by atoms with Gasteiger partial charge in [-0.15, -0.1) is 11.3 Å². The van der Waals surface area contributed by atoms with Crippen LogP contribution < -0.4 is 15.5 Å². The van der Waals surface area contributed by atoms with Crippen LogP contribution in [-0.2, 0) is 15.6 Å². The minimum absolute atomic E-state index is 0.0188. The largest absolute Gasteiger partial charge is 0.370 e. The Morgan fingerprint density at radius 3 is 2.66 bits per heavy atom. The SMILES string of the molecule is Cc1ccc(NC(=O)Nc2ncc(CS(=O)(=O)c3ccccn3)s2)c(N2CCCCC2)c1. The van der Waals surface area contributed by atoms with Gasteiger partial charge in [0.25, 0.3) is 0 Å². The van der Waals surface area contributed by atoms with E-state index in [9.17, 15) is 13.2 Å². The molecule has 2 aromatic heterocycles. The minimum atomic E-state index is -3.57. The van der Waals surface area contributed by atoms with Gasteiger partial charge < -0.3 is 10.2 Å². The number of thiazole rings is 1. The predicted octanol–water partition coefficient (Wildman–Crippen LogP) is 4.45. The zero-order valence-corrected chi connectivity index (χ0v) is 19.4.